The molecule has 0 aliphatic heterocycles. The third-order valence-electron chi connectivity index (χ3n) is 5.40. The number of pyridine rings is 1. The molecule has 0 atom stereocenters. The fourth-order valence-corrected chi connectivity index (χ4v) is 3.84. The van der Waals surface area contributed by atoms with Crippen molar-refractivity contribution in [1.29, 1.82) is 0 Å². The quantitative estimate of drug-likeness (QED) is 0.599. The van der Waals surface area contributed by atoms with Crippen LogP contribution in [0.2, 0.25) is 0 Å². The molecule has 5 rings (SSSR count). The Kier molecular flexibility index (Phi) is 3.56. The molecule has 7 heteroatoms. The molecule has 136 valence electrons. The SMILES string of the molecule is O=c1cc(Cn2c(C3CCC3)cc3nccnc32)c2ccc(F)c(F)c2[nH]1. The van der Waals surface area contributed by atoms with Crippen LogP contribution in [0, 0.1) is 11.6 Å². The van der Waals surface area contributed by atoms with E-state index >= 15 is 0 Å². The van der Waals surface area contributed by atoms with Crippen LogP contribution < -0.4 is 5.56 Å². The molecule has 1 N–H and O–H groups in total. The molecule has 3 aromatic heterocycles. The Bertz CT molecular complexity index is 1240. The molecule has 0 spiro atoms. The summed E-state index contributed by atoms with van der Waals surface area (Å²) < 4.78 is 29.8. The lowest BCUT2D eigenvalue weighted by Gasteiger charge is -2.27. The summed E-state index contributed by atoms with van der Waals surface area (Å²) >= 11 is 0. The predicted octanol–water partition coefficient (Wildman–Crippen LogP) is 3.87. The molecule has 3 heterocycles. The van der Waals surface area contributed by atoms with Crippen LogP contribution >= 0.6 is 0 Å². The number of fused-ring (bicyclic) bond motifs is 2. The maximum atomic E-state index is 14.2. The fraction of sp³-hybridized carbons (Fsp3) is 0.250. The van der Waals surface area contributed by atoms with Gasteiger partial charge in [0, 0.05) is 29.5 Å². The second-order valence-electron chi connectivity index (χ2n) is 6.99. The highest BCUT2D eigenvalue weighted by atomic mass is 19.2. The lowest BCUT2D eigenvalue weighted by Crippen LogP contribution is -2.16. The van der Waals surface area contributed by atoms with Crippen LogP contribution in [0.3, 0.4) is 0 Å². The molecular formula is C20H16F2N4O. The third-order valence-corrected chi connectivity index (χ3v) is 5.40. The number of aromatic nitrogens is 4. The zero-order chi connectivity index (χ0) is 18.5. The van der Waals surface area contributed by atoms with E-state index in [4.69, 9.17) is 0 Å². The molecule has 0 amide bonds. The van der Waals surface area contributed by atoms with E-state index < -0.39 is 17.2 Å². The van der Waals surface area contributed by atoms with Gasteiger partial charge in [0.15, 0.2) is 17.3 Å². The molecule has 5 nitrogen and oxygen atoms in total. The van der Waals surface area contributed by atoms with Gasteiger partial charge in [-0.05, 0) is 42.5 Å². The van der Waals surface area contributed by atoms with Crippen LogP contribution in [0.5, 0.6) is 0 Å². The Morgan fingerprint density at radius 3 is 2.74 bits per heavy atom. The van der Waals surface area contributed by atoms with Gasteiger partial charge in [-0.3, -0.25) is 9.78 Å². The second-order valence-corrected chi connectivity index (χ2v) is 6.99. The van der Waals surface area contributed by atoms with Crippen LogP contribution in [0.4, 0.5) is 8.78 Å². The fourth-order valence-electron chi connectivity index (χ4n) is 3.84. The summed E-state index contributed by atoms with van der Waals surface area (Å²) in [6.07, 6.45) is 6.68. The molecule has 0 saturated heterocycles. The van der Waals surface area contributed by atoms with Gasteiger partial charge >= 0.3 is 0 Å². The van der Waals surface area contributed by atoms with Crippen molar-refractivity contribution >= 4 is 22.1 Å². The second kappa shape index (κ2) is 5.97. The van der Waals surface area contributed by atoms with Gasteiger partial charge in [-0.1, -0.05) is 6.42 Å². The van der Waals surface area contributed by atoms with Crippen LogP contribution in [0.1, 0.15) is 36.4 Å². The Hall–Kier alpha value is -3.09. The molecular weight excluding hydrogens is 350 g/mol. The Labute approximate surface area is 152 Å². The van der Waals surface area contributed by atoms with E-state index in [0.717, 1.165) is 35.8 Å². The van der Waals surface area contributed by atoms with Gasteiger partial charge < -0.3 is 9.55 Å². The van der Waals surface area contributed by atoms with Crippen LogP contribution in [0.15, 0.2) is 41.5 Å². The average molecular weight is 366 g/mol. The minimum atomic E-state index is -1.04. The summed E-state index contributed by atoms with van der Waals surface area (Å²) in [5.41, 5.74) is 2.70. The molecule has 1 aliphatic carbocycles. The Morgan fingerprint density at radius 1 is 1.15 bits per heavy atom. The smallest absolute Gasteiger partial charge is 0.248 e. The van der Waals surface area contributed by atoms with Gasteiger partial charge in [0.2, 0.25) is 5.56 Å². The number of hydrogen-bond acceptors (Lipinski definition) is 3. The molecule has 1 aliphatic rings. The van der Waals surface area contributed by atoms with Crippen LogP contribution in [-0.2, 0) is 6.54 Å². The summed E-state index contributed by atoms with van der Waals surface area (Å²) in [4.78, 5) is 23.3. The number of aromatic amines is 1. The van der Waals surface area contributed by atoms with Gasteiger partial charge in [-0.25, -0.2) is 13.8 Å². The van der Waals surface area contributed by atoms with Crippen molar-refractivity contribution in [1.82, 2.24) is 19.5 Å². The average Bonchev–Trinajstić information content (AvgIpc) is 2.95. The van der Waals surface area contributed by atoms with Gasteiger partial charge in [0.25, 0.3) is 0 Å². The van der Waals surface area contributed by atoms with E-state index in [9.17, 15) is 13.6 Å². The largest absolute Gasteiger partial charge is 0.324 e. The van der Waals surface area contributed by atoms with Crippen molar-refractivity contribution in [3.8, 4) is 0 Å². The van der Waals surface area contributed by atoms with Gasteiger partial charge in [-0.2, -0.15) is 0 Å². The normalized spacial score (nSPS) is 14.7. The molecule has 4 aromatic rings. The highest BCUT2D eigenvalue weighted by Gasteiger charge is 2.25. The number of hydrogen-bond donors (Lipinski definition) is 1. The van der Waals surface area contributed by atoms with E-state index in [1.807, 2.05) is 10.6 Å². The van der Waals surface area contributed by atoms with Crippen LogP contribution in [0.25, 0.3) is 22.1 Å². The minimum Gasteiger partial charge on any atom is -0.324 e. The first-order chi connectivity index (χ1) is 13.1. The Balaban J connectivity index is 1.72. The molecule has 1 saturated carbocycles. The van der Waals surface area contributed by atoms with Gasteiger partial charge in [0.1, 0.15) is 5.52 Å². The maximum absolute atomic E-state index is 14.2. The van der Waals surface area contributed by atoms with E-state index in [1.54, 1.807) is 12.4 Å². The number of H-pyrrole nitrogens is 1. The van der Waals surface area contributed by atoms with E-state index in [1.165, 1.54) is 18.6 Å². The zero-order valence-electron chi connectivity index (χ0n) is 14.4. The van der Waals surface area contributed by atoms with Crippen molar-refractivity contribution in [2.24, 2.45) is 0 Å². The lowest BCUT2D eigenvalue weighted by molar-refractivity contribution is 0.401. The van der Waals surface area contributed by atoms with Crippen LogP contribution in [-0.4, -0.2) is 19.5 Å². The third kappa shape index (κ3) is 2.53. The topological polar surface area (TPSA) is 63.6 Å². The number of nitrogens with zero attached hydrogens (tertiary/aromatic N) is 3. The summed E-state index contributed by atoms with van der Waals surface area (Å²) in [6, 6.07) is 6.06. The van der Waals surface area contributed by atoms with Crippen molar-refractivity contribution in [2.75, 3.05) is 0 Å². The first-order valence-corrected chi connectivity index (χ1v) is 8.92. The van der Waals surface area contributed by atoms with Crippen molar-refractivity contribution in [2.45, 2.75) is 31.7 Å². The summed E-state index contributed by atoms with van der Waals surface area (Å²) in [5, 5.41) is 0.485. The summed E-state index contributed by atoms with van der Waals surface area (Å²) in [6.45, 7) is 0.347. The monoisotopic (exact) mass is 366 g/mol. The summed E-state index contributed by atoms with van der Waals surface area (Å²) in [7, 11) is 0. The highest BCUT2D eigenvalue weighted by molar-refractivity contribution is 5.83. The number of rotatable bonds is 3. The number of nitrogens with one attached hydrogen (secondary N) is 1. The molecule has 0 bridgehead atoms. The van der Waals surface area contributed by atoms with Gasteiger partial charge in [-0.15, -0.1) is 0 Å². The zero-order valence-corrected chi connectivity index (χ0v) is 14.4. The first kappa shape index (κ1) is 16.1. The molecule has 27 heavy (non-hydrogen) atoms. The van der Waals surface area contributed by atoms with Crippen molar-refractivity contribution in [3.63, 3.8) is 0 Å². The standard InChI is InChI=1S/C20H16F2N4O/c21-14-5-4-13-12(8-17(27)25-19(13)18(14)22)10-26-16(11-2-1-3-11)9-15-20(26)24-7-6-23-15/h4-9,11H,1-3,10H2,(H,25,27). The van der Waals surface area contributed by atoms with Crippen molar-refractivity contribution in [3.05, 3.63) is 69.9 Å². The maximum Gasteiger partial charge on any atom is 0.248 e. The number of benzene rings is 1. The minimum absolute atomic E-state index is 0.106. The molecule has 0 unspecified atom stereocenters. The summed E-state index contributed by atoms with van der Waals surface area (Å²) in [5.74, 6) is -1.59. The number of halogens is 2. The van der Waals surface area contributed by atoms with E-state index in [0.29, 0.717) is 23.4 Å². The lowest BCUT2D eigenvalue weighted by atomic mass is 9.83. The molecule has 1 aromatic carbocycles. The predicted molar refractivity (Wildman–Crippen MR) is 97.7 cm³/mol. The van der Waals surface area contributed by atoms with E-state index in [-0.39, 0.29) is 5.52 Å². The molecule has 0 radical (unpaired) electrons. The van der Waals surface area contributed by atoms with Gasteiger partial charge in [0.05, 0.1) is 12.1 Å². The first-order valence-electron chi connectivity index (χ1n) is 8.92. The van der Waals surface area contributed by atoms with E-state index in [2.05, 4.69) is 15.0 Å². The highest BCUT2D eigenvalue weighted by Crippen LogP contribution is 2.38. The Morgan fingerprint density at radius 2 is 1.96 bits per heavy atom. The van der Waals surface area contributed by atoms with Crippen molar-refractivity contribution < 1.29 is 8.78 Å². The molecule has 1 fully saturated rings.